The number of hydrogen-bond acceptors (Lipinski definition) is 6. The molecular weight excluding hydrogens is 390 g/mol. The van der Waals surface area contributed by atoms with Crippen molar-refractivity contribution in [3.8, 4) is 0 Å². The Morgan fingerprint density at radius 1 is 1.21 bits per heavy atom. The van der Waals surface area contributed by atoms with Crippen LogP contribution < -0.4 is 5.32 Å². The van der Waals surface area contributed by atoms with Gasteiger partial charge in [-0.3, -0.25) is 14.4 Å². The minimum Gasteiger partial charge on any atom is -0.343 e. The standard InChI is InChI=1S/C20H23N5O3S/c1-13-22-23-19(29-13)21-17(27)11-20(7-9-24(10-8-20)14(2)26)25-12-15-5-3-4-6-16(15)18(25)28/h3-6H,7-12H2,1-2H3,(H,21,23,27). The number of likely N-dealkylation sites (tertiary alicyclic amines) is 1. The third-order valence-corrected chi connectivity index (χ3v) is 6.55. The Hall–Kier alpha value is -2.81. The van der Waals surface area contributed by atoms with Crippen LogP contribution in [-0.4, -0.2) is 56.3 Å². The van der Waals surface area contributed by atoms with E-state index in [2.05, 4.69) is 15.5 Å². The van der Waals surface area contributed by atoms with Crippen LogP contribution >= 0.6 is 11.3 Å². The first-order valence-electron chi connectivity index (χ1n) is 9.63. The molecule has 8 nitrogen and oxygen atoms in total. The number of aromatic nitrogens is 2. The molecule has 1 N–H and O–H groups in total. The second-order valence-electron chi connectivity index (χ2n) is 7.63. The number of amides is 3. The maximum absolute atomic E-state index is 13.2. The fourth-order valence-corrected chi connectivity index (χ4v) is 4.83. The summed E-state index contributed by atoms with van der Waals surface area (Å²) < 4.78 is 0. The van der Waals surface area contributed by atoms with Crippen LogP contribution in [0.2, 0.25) is 0 Å². The summed E-state index contributed by atoms with van der Waals surface area (Å²) >= 11 is 1.32. The van der Waals surface area contributed by atoms with Gasteiger partial charge in [0.25, 0.3) is 5.91 Å². The molecule has 29 heavy (non-hydrogen) atoms. The largest absolute Gasteiger partial charge is 0.343 e. The molecule has 9 heteroatoms. The topological polar surface area (TPSA) is 95.5 Å². The number of rotatable bonds is 4. The molecule has 0 bridgehead atoms. The van der Waals surface area contributed by atoms with Gasteiger partial charge in [-0.25, -0.2) is 0 Å². The Kier molecular flexibility index (Phi) is 5.08. The van der Waals surface area contributed by atoms with E-state index >= 15 is 0 Å². The van der Waals surface area contributed by atoms with Gasteiger partial charge in [0.2, 0.25) is 16.9 Å². The van der Waals surface area contributed by atoms with E-state index in [9.17, 15) is 14.4 Å². The van der Waals surface area contributed by atoms with Crippen LogP contribution in [-0.2, 0) is 16.1 Å². The Bertz CT molecular complexity index is 965. The summed E-state index contributed by atoms with van der Waals surface area (Å²) in [6.45, 7) is 4.92. The van der Waals surface area contributed by atoms with Crippen molar-refractivity contribution in [1.82, 2.24) is 20.0 Å². The molecule has 2 aliphatic rings. The smallest absolute Gasteiger partial charge is 0.254 e. The molecular formula is C20H23N5O3S. The van der Waals surface area contributed by atoms with Crippen molar-refractivity contribution < 1.29 is 14.4 Å². The van der Waals surface area contributed by atoms with Crippen LogP contribution in [0.3, 0.4) is 0 Å². The zero-order valence-corrected chi connectivity index (χ0v) is 17.3. The fourth-order valence-electron chi connectivity index (χ4n) is 4.23. The van der Waals surface area contributed by atoms with Crippen molar-refractivity contribution >= 4 is 34.2 Å². The molecule has 3 heterocycles. The highest BCUT2D eigenvalue weighted by molar-refractivity contribution is 7.15. The molecule has 1 aromatic heterocycles. The molecule has 0 spiro atoms. The quantitative estimate of drug-likeness (QED) is 0.829. The van der Waals surface area contributed by atoms with E-state index in [1.807, 2.05) is 36.1 Å². The van der Waals surface area contributed by atoms with E-state index in [1.165, 1.54) is 11.3 Å². The lowest BCUT2D eigenvalue weighted by molar-refractivity contribution is -0.131. The second kappa shape index (κ2) is 7.55. The summed E-state index contributed by atoms with van der Waals surface area (Å²) in [6.07, 6.45) is 1.29. The van der Waals surface area contributed by atoms with E-state index in [4.69, 9.17) is 0 Å². The Morgan fingerprint density at radius 2 is 1.93 bits per heavy atom. The van der Waals surface area contributed by atoms with E-state index < -0.39 is 5.54 Å². The maximum Gasteiger partial charge on any atom is 0.254 e. The lowest BCUT2D eigenvalue weighted by atomic mass is 9.82. The van der Waals surface area contributed by atoms with Crippen molar-refractivity contribution in [2.45, 2.75) is 45.2 Å². The molecule has 2 aliphatic heterocycles. The van der Waals surface area contributed by atoms with Crippen molar-refractivity contribution in [3.63, 3.8) is 0 Å². The molecule has 0 radical (unpaired) electrons. The molecule has 4 rings (SSSR count). The third-order valence-electron chi connectivity index (χ3n) is 5.80. The van der Waals surface area contributed by atoms with Gasteiger partial charge < -0.3 is 15.1 Å². The van der Waals surface area contributed by atoms with E-state index in [1.54, 1.807) is 11.8 Å². The Labute approximate surface area is 172 Å². The third kappa shape index (κ3) is 3.74. The molecule has 0 atom stereocenters. The lowest BCUT2D eigenvalue weighted by Crippen LogP contribution is -2.57. The van der Waals surface area contributed by atoms with Crippen molar-refractivity contribution in [3.05, 3.63) is 40.4 Å². The van der Waals surface area contributed by atoms with Gasteiger partial charge in [0, 0.05) is 32.1 Å². The number of piperidine rings is 1. The van der Waals surface area contributed by atoms with E-state index in [0.717, 1.165) is 10.6 Å². The van der Waals surface area contributed by atoms with Crippen molar-refractivity contribution in [1.29, 1.82) is 0 Å². The van der Waals surface area contributed by atoms with Gasteiger partial charge in [0.05, 0.1) is 12.0 Å². The molecule has 1 fully saturated rings. The first kappa shape index (κ1) is 19.5. The molecule has 0 aliphatic carbocycles. The second-order valence-corrected chi connectivity index (χ2v) is 8.81. The van der Waals surface area contributed by atoms with Gasteiger partial charge in [-0.05, 0) is 31.4 Å². The number of nitrogens with one attached hydrogen (secondary N) is 1. The van der Waals surface area contributed by atoms with Crippen LogP contribution in [0.4, 0.5) is 5.13 Å². The van der Waals surface area contributed by atoms with Gasteiger partial charge in [0.1, 0.15) is 5.01 Å². The van der Waals surface area contributed by atoms with Crippen LogP contribution in [0.1, 0.15) is 47.1 Å². The number of nitrogens with zero attached hydrogens (tertiary/aromatic N) is 4. The number of hydrogen-bond donors (Lipinski definition) is 1. The maximum atomic E-state index is 13.2. The minimum absolute atomic E-state index is 0.0171. The number of fused-ring (bicyclic) bond motifs is 1. The summed E-state index contributed by atoms with van der Waals surface area (Å²) in [4.78, 5) is 41.4. The number of carbonyl (C=O) groups is 3. The summed E-state index contributed by atoms with van der Waals surface area (Å²) in [5.41, 5.74) is 1.04. The predicted molar refractivity (Wildman–Crippen MR) is 108 cm³/mol. The van der Waals surface area contributed by atoms with Crippen LogP contribution in [0.25, 0.3) is 0 Å². The van der Waals surface area contributed by atoms with E-state index in [-0.39, 0.29) is 24.1 Å². The Balaban J connectivity index is 1.58. The number of benzene rings is 1. The van der Waals surface area contributed by atoms with Crippen molar-refractivity contribution in [2.75, 3.05) is 18.4 Å². The number of aryl methyl sites for hydroxylation is 1. The zero-order valence-electron chi connectivity index (χ0n) is 16.5. The Morgan fingerprint density at radius 3 is 2.55 bits per heavy atom. The van der Waals surface area contributed by atoms with E-state index in [0.29, 0.717) is 43.2 Å². The average molecular weight is 414 g/mol. The molecule has 152 valence electrons. The van der Waals surface area contributed by atoms with Gasteiger partial charge in [-0.2, -0.15) is 0 Å². The molecule has 1 saturated heterocycles. The summed E-state index contributed by atoms with van der Waals surface area (Å²) in [7, 11) is 0. The first-order valence-corrected chi connectivity index (χ1v) is 10.4. The van der Waals surface area contributed by atoms with Crippen LogP contribution in [0.15, 0.2) is 24.3 Å². The molecule has 3 amide bonds. The van der Waals surface area contributed by atoms with Gasteiger partial charge in [-0.15, -0.1) is 10.2 Å². The normalized spacial score (nSPS) is 17.9. The first-order chi connectivity index (χ1) is 13.9. The zero-order chi connectivity index (χ0) is 20.6. The summed E-state index contributed by atoms with van der Waals surface area (Å²) in [5, 5.41) is 11.9. The number of carbonyl (C=O) groups excluding carboxylic acids is 3. The van der Waals surface area contributed by atoms with Gasteiger partial charge in [0.15, 0.2) is 0 Å². The molecule has 0 unspecified atom stereocenters. The lowest BCUT2D eigenvalue weighted by Gasteiger charge is -2.47. The van der Waals surface area contributed by atoms with Gasteiger partial charge >= 0.3 is 0 Å². The van der Waals surface area contributed by atoms with Crippen molar-refractivity contribution in [2.24, 2.45) is 0 Å². The SMILES string of the molecule is CC(=O)N1CCC(CC(=O)Nc2nnc(C)s2)(N2Cc3ccccc3C2=O)CC1. The minimum atomic E-state index is -0.633. The molecule has 2 aromatic rings. The molecule has 0 saturated carbocycles. The molecule has 1 aromatic carbocycles. The van der Waals surface area contributed by atoms with Crippen LogP contribution in [0.5, 0.6) is 0 Å². The predicted octanol–water partition coefficient (Wildman–Crippen LogP) is 2.21. The highest BCUT2D eigenvalue weighted by atomic mass is 32.1. The highest BCUT2D eigenvalue weighted by Crippen LogP contribution is 2.38. The summed E-state index contributed by atoms with van der Waals surface area (Å²) in [5.74, 6) is -0.221. The fraction of sp³-hybridized carbons (Fsp3) is 0.450. The average Bonchev–Trinajstić information content (AvgIpc) is 3.25. The van der Waals surface area contributed by atoms with Gasteiger partial charge in [-0.1, -0.05) is 29.5 Å². The highest BCUT2D eigenvalue weighted by Gasteiger charge is 2.47. The van der Waals surface area contributed by atoms with Crippen LogP contribution in [0, 0.1) is 6.92 Å². The number of anilines is 1. The summed E-state index contributed by atoms with van der Waals surface area (Å²) in [6, 6.07) is 7.57. The monoisotopic (exact) mass is 413 g/mol.